The average molecular weight is 351 g/mol. The monoisotopic (exact) mass is 351 g/mol. The van der Waals surface area contributed by atoms with Crippen molar-refractivity contribution in [2.24, 2.45) is 0 Å². The van der Waals surface area contributed by atoms with E-state index in [1.165, 1.54) is 0 Å². The molecule has 5 heteroatoms. The van der Waals surface area contributed by atoms with Gasteiger partial charge in [-0.1, -0.05) is 42.5 Å². The summed E-state index contributed by atoms with van der Waals surface area (Å²) < 4.78 is 5.65. The second-order valence-electron chi connectivity index (χ2n) is 6.19. The van der Waals surface area contributed by atoms with Gasteiger partial charge in [0.25, 0.3) is 5.91 Å². The number of carbonyl (C=O) groups excluding carboxylic acids is 1. The standard InChI is InChI=1S/C21H21NO4/c23-20-18-8-4-3-7-16(18)6-2-1-5-13-26-17-11-9-15(10-12-17)14-19(22-20)21(24)25/h1,3-5,7-12,19H,2,6,13-14H2,(H,22,23)(H,24,25)/t19-/m0/s1. The van der Waals surface area contributed by atoms with Crippen molar-refractivity contribution in [1.82, 2.24) is 5.32 Å². The van der Waals surface area contributed by atoms with E-state index in [2.05, 4.69) is 5.32 Å². The Morgan fingerprint density at radius 3 is 2.62 bits per heavy atom. The number of fused-ring (bicyclic) bond motifs is 9. The van der Waals surface area contributed by atoms with Crippen LogP contribution in [0.15, 0.2) is 60.7 Å². The predicted molar refractivity (Wildman–Crippen MR) is 98.4 cm³/mol. The van der Waals surface area contributed by atoms with E-state index in [4.69, 9.17) is 4.74 Å². The van der Waals surface area contributed by atoms with Crippen LogP contribution in [-0.2, 0) is 17.6 Å². The molecule has 2 aromatic rings. The van der Waals surface area contributed by atoms with Gasteiger partial charge in [-0.15, -0.1) is 0 Å². The number of amides is 1. The van der Waals surface area contributed by atoms with Crippen LogP contribution in [0.1, 0.15) is 27.9 Å². The van der Waals surface area contributed by atoms with Gasteiger partial charge in [0.15, 0.2) is 0 Å². The minimum atomic E-state index is -1.06. The molecule has 2 aliphatic rings. The first-order valence-electron chi connectivity index (χ1n) is 8.62. The van der Waals surface area contributed by atoms with Crippen LogP contribution in [0.2, 0.25) is 0 Å². The smallest absolute Gasteiger partial charge is 0.326 e. The number of ether oxygens (including phenoxy) is 1. The topological polar surface area (TPSA) is 75.6 Å². The largest absolute Gasteiger partial charge is 0.490 e. The van der Waals surface area contributed by atoms with Gasteiger partial charge in [0.2, 0.25) is 0 Å². The van der Waals surface area contributed by atoms with Gasteiger partial charge in [-0.2, -0.15) is 0 Å². The molecule has 0 radical (unpaired) electrons. The van der Waals surface area contributed by atoms with E-state index in [1.807, 2.05) is 48.6 Å². The Morgan fingerprint density at radius 2 is 1.85 bits per heavy atom. The molecule has 4 rings (SSSR count). The molecule has 26 heavy (non-hydrogen) atoms. The van der Waals surface area contributed by atoms with E-state index in [0.717, 1.165) is 23.3 Å². The van der Waals surface area contributed by atoms with Crippen LogP contribution in [0.4, 0.5) is 0 Å². The highest BCUT2D eigenvalue weighted by Crippen LogP contribution is 2.16. The molecule has 134 valence electrons. The van der Waals surface area contributed by atoms with Crippen molar-refractivity contribution in [2.45, 2.75) is 25.3 Å². The summed E-state index contributed by atoms with van der Waals surface area (Å²) >= 11 is 0. The number of allylic oxidation sites excluding steroid dienone is 1. The summed E-state index contributed by atoms with van der Waals surface area (Å²) in [4.78, 5) is 24.3. The summed E-state index contributed by atoms with van der Waals surface area (Å²) in [6.07, 6.45) is 5.67. The lowest BCUT2D eigenvalue weighted by Gasteiger charge is -2.17. The molecule has 2 N–H and O–H groups in total. The van der Waals surface area contributed by atoms with Gasteiger partial charge < -0.3 is 15.2 Å². The van der Waals surface area contributed by atoms with Gasteiger partial charge in [-0.3, -0.25) is 4.79 Å². The van der Waals surface area contributed by atoms with Crippen LogP contribution in [0, 0.1) is 0 Å². The van der Waals surface area contributed by atoms with Crippen LogP contribution >= 0.6 is 0 Å². The second-order valence-corrected chi connectivity index (χ2v) is 6.19. The lowest BCUT2D eigenvalue weighted by molar-refractivity contribution is -0.139. The number of carboxylic acid groups (broad SMARTS) is 1. The zero-order valence-corrected chi connectivity index (χ0v) is 14.4. The lowest BCUT2D eigenvalue weighted by Crippen LogP contribution is -2.42. The van der Waals surface area contributed by atoms with Crippen molar-refractivity contribution in [3.8, 4) is 5.75 Å². The Hall–Kier alpha value is -3.08. The number of aliphatic carboxylic acids is 1. The normalized spacial score (nSPS) is 17.8. The fourth-order valence-electron chi connectivity index (χ4n) is 2.92. The highest BCUT2D eigenvalue weighted by Gasteiger charge is 2.22. The summed E-state index contributed by atoms with van der Waals surface area (Å²) in [5.41, 5.74) is 2.24. The summed E-state index contributed by atoms with van der Waals surface area (Å²) in [6, 6.07) is 13.6. The van der Waals surface area contributed by atoms with Gasteiger partial charge in [-0.05, 0) is 42.2 Å². The molecule has 1 amide bonds. The number of hydrogen-bond acceptors (Lipinski definition) is 3. The number of benzene rings is 2. The summed E-state index contributed by atoms with van der Waals surface area (Å²) in [5, 5.41) is 12.2. The van der Waals surface area contributed by atoms with Crippen LogP contribution in [0.5, 0.6) is 5.75 Å². The minimum absolute atomic E-state index is 0.212. The minimum Gasteiger partial charge on any atom is -0.490 e. The van der Waals surface area contributed by atoms with Crippen LogP contribution in [0.3, 0.4) is 0 Å². The number of aryl methyl sites for hydroxylation is 1. The third-order valence-corrected chi connectivity index (χ3v) is 4.32. The van der Waals surface area contributed by atoms with Gasteiger partial charge >= 0.3 is 5.97 Å². The van der Waals surface area contributed by atoms with Crippen molar-refractivity contribution in [1.29, 1.82) is 0 Å². The van der Waals surface area contributed by atoms with Crippen molar-refractivity contribution >= 4 is 11.9 Å². The Labute approximate surface area is 152 Å². The molecule has 2 aromatic carbocycles. The summed E-state index contributed by atoms with van der Waals surface area (Å²) in [5.74, 6) is -0.684. The highest BCUT2D eigenvalue weighted by atomic mass is 16.5. The number of carbonyl (C=O) groups is 2. The van der Waals surface area contributed by atoms with Gasteiger partial charge in [0, 0.05) is 12.0 Å². The zero-order valence-electron chi connectivity index (χ0n) is 14.4. The lowest BCUT2D eigenvalue weighted by atomic mass is 10.0. The zero-order chi connectivity index (χ0) is 18.4. The third-order valence-electron chi connectivity index (χ3n) is 4.32. The molecule has 0 unspecified atom stereocenters. The van der Waals surface area contributed by atoms with Crippen molar-refractivity contribution in [3.05, 3.63) is 77.4 Å². The molecule has 0 saturated carbocycles. The van der Waals surface area contributed by atoms with E-state index in [9.17, 15) is 14.7 Å². The van der Waals surface area contributed by atoms with E-state index in [0.29, 0.717) is 18.6 Å². The van der Waals surface area contributed by atoms with Crippen molar-refractivity contribution in [3.63, 3.8) is 0 Å². The highest BCUT2D eigenvalue weighted by molar-refractivity contribution is 5.97. The molecule has 0 fully saturated rings. The Morgan fingerprint density at radius 1 is 1.08 bits per heavy atom. The molecular weight excluding hydrogens is 330 g/mol. The maximum Gasteiger partial charge on any atom is 0.326 e. The summed E-state index contributed by atoms with van der Waals surface area (Å²) in [6.45, 7) is 0.471. The number of rotatable bonds is 1. The SMILES string of the molecule is O=C1N[C@H](C(=O)O)Cc2ccc(cc2)OCC=CCCc2ccccc21. The van der Waals surface area contributed by atoms with Crippen LogP contribution in [-0.4, -0.2) is 29.6 Å². The molecular formula is C21H21NO4. The Bertz CT molecular complexity index is 811. The van der Waals surface area contributed by atoms with E-state index in [1.54, 1.807) is 12.1 Å². The molecule has 2 bridgehead atoms. The maximum absolute atomic E-state index is 12.7. The first-order valence-corrected chi connectivity index (χ1v) is 8.62. The second kappa shape index (κ2) is 8.34. The predicted octanol–water partition coefficient (Wildman–Crippen LogP) is 2.99. The number of hydrogen-bond donors (Lipinski definition) is 2. The molecule has 1 atom stereocenters. The number of nitrogens with one attached hydrogen (secondary N) is 1. The fraction of sp³-hybridized carbons (Fsp3) is 0.238. The molecule has 2 heterocycles. The number of carboxylic acids is 1. The first kappa shape index (κ1) is 17.7. The fourth-order valence-corrected chi connectivity index (χ4v) is 2.92. The Kier molecular flexibility index (Phi) is 5.69. The van der Waals surface area contributed by atoms with Gasteiger partial charge in [-0.25, -0.2) is 4.79 Å². The van der Waals surface area contributed by atoms with E-state index < -0.39 is 12.0 Å². The van der Waals surface area contributed by atoms with Crippen molar-refractivity contribution < 1.29 is 19.4 Å². The van der Waals surface area contributed by atoms with E-state index in [-0.39, 0.29) is 12.3 Å². The molecule has 0 saturated heterocycles. The maximum atomic E-state index is 12.7. The van der Waals surface area contributed by atoms with Crippen LogP contribution < -0.4 is 10.1 Å². The Balaban J connectivity index is 1.90. The summed E-state index contributed by atoms with van der Waals surface area (Å²) in [7, 11) is 0. The molecule has 0 aromatic heterocycles. The van der Waals surface area contributed by atoms with Crippen molar-refractivity contribution in [2.75, 3.05) is 6.61 Å². The molecule has 5 nitrogen and oxygen atoms in total. The first-order chi connectivity index (χ1) is 12.6. The molecule has 0 spiro atoms. The third kappa shape index (κ3) is 4.51. The quantitative estimate of drug-likeness (QED) is 0.775. The van der Waals surface area contributed by atoms with E-state index >= 15 is 0 Å². The average Bonchev–Trinajstić information content (AvgIpc) is 2.64. The molecule has 2 aliphatic heterocycles. The van der Waals surface area contributed by atoms with Gasteiger partial charge in [0.1, 0.15) is 18.4 Å². The van der Waals surface area contributed by atoms with Gasteiger partial charge in [0.05, 0.1) is 0 Å². The van der Waals surface area contributed by atoms with Crippen LogP contribution in [0.25, 0.3) is 0 Å². The molecule has 0 aliphatic carbocycles.